The van der Waals surface area contributed by atoms with Gasteiger partial charge in [-0.3, -0.25) is 9.78 Å². The molecule has 1 aliphatic carbocycles. The molecule has 1 heterocycles. The summed E-state index contributed by atoms with van der Waals surface area (Å²) in [6.07, 6.45) is 6.35. The summed E-state index contributed by atoms with van der Waals surface area (Å²) in [6.45, 7) is 2.54. The third-order valence-electron chi connectivity index (χ3n) is 3.77. The predicted molar refractivity (Wildman–Crippen MR) is 74.6 cm³/mol. The molecule has 19 heavy (non-hydrogen) atoms. The molecule has 104 valence electrons. The Bertz CT molecular complexity index is 426. The molecule has 0 aromatic carbocycles. The first-order chi connectivity index (χ1) is 9.22. The van der Waals surface area contributed by atoms with Crippen molar-refractivity contribution in [2.24, 2.45) is 5.92 Å². The zero-order chi connectivity index (χ0) is 13.7. The highest BCUT2D eigenvalue weighted by Crippen LogP contribution is 2.37. The quantitative estimate of drug-likeness (QED) is 0.847. The van der Waals surface area contributed by atoms with Gasteiger partial charge in [0.05, 0.1) is 23.9 Å². The van der Waals surface area contributed by atoms with Crippen molar-refractivity contribution in [2.75, 3.05) is 12.3 Å². The molecule has 1 saturated carbocycles. The fraction of sp³-hybridized carbons (Fsp3) is 0.600. The lowest BCUT2D eigenvalue weighted by Crippen LogP contribution is -2.24. The molecule has 1 aromatic heterocycles. The van der Waals surface area contributed by atoms with Crippen molar-refractivity contribution in [2.45, 2.75) is 44.9 Å². The lowest BCUT2D eigenvalue weighted by Gasteiger charge is -2.27. The molecule has 4 nitrogen and oxygen atoms in total. The minimum atomic E-state index is -0.0331. The number of aromatic nitrogens is 1. The standard InChI is InChI=1S/C15H22N2O2/c1-2-10-19-15(18)12-7-5-11(6-8-12)14-13(16)4-3-9-17-14/h3-4,9,11-12H,2,5-8,10,16H2,1H3. The van der Waals surface area contributed by atoms with Gasteiger partial charge in [-0.15, -0.1) is 0 Å². The number of ether oxygens (including phenoxy) is 1. The predicted octanol–water partition coefficient (Wildman–Crippen LogP) is 2.89. The van der Waals surface area contributed by atoms with Gasteiger partial charge in [-0.1, -0.05) is 6.92 Å². The molecule has 1 aliphatic rings. The number of nitrogens with two attached hydrogens (primary N) is 1. The van der Waals surface area contributed by atoms with E-state index in [0.29, 0.717) is 12.5 Å². The van der Waals surface area contributed by atoms with Gasteiger partial charge in [-0.25, -0.2) is 0 Å². The maximum absolute atomic E-state index is 11.8. The second-order valence-electron chi connectivity index (χ2n) is 5.19. The van der Waals surface area contributed by atoms with Crippen LogP contribution >= 0.6 is 0 Å². The average molecular weight is 262 g/mol. The van der Waals surface area contributed by atoms with Crippen molar-refractivity contribution in [3.63, 3.8) is 0 Å². The van der Waals surface area contributed by atoms with Crippen LogP contribution in [-0.4, -0.2) is 17.6 Å². The summed E-state index contributed by atoms with van der Waals surface area (Å²) in [4.78, 5) is 16.2. The second-order valence-corrected chi connectivity index (χ2v) is 5.19. The van der Waals surface area contributed by atoms with E-state index in [1.165, 1.54) is 0 Å². The van der Waals surface area contributed by atoms with Gasteiger partial charge in [0.15, 0.2) is 0 Å². The van der Waals surface area contributed by atoms with Crippen molar-refractivity contribution in [1.82, 2.24) is 4.98 Å². The third-order valence-corrected chi connectivity index (χ3v) is 3.77. The molecular formula is C15H22N2O2. The van der Waals surface area contributed by atoms with Crippen molar-refractivity contribution in [3.05, 3.63) is 24.0 Å². The number of carbonyl (C=O) groups excluding carboxylic acids is 1. The molecule has 0 aliphatic heterocycles. The van der Waals surface area contributed by atoms with Crippen LogP contribution in [0, 0.1) is 5.92 Å². The maximum atomic E-state index is 11.8. The Morgan fingerprint density at radius 3 is 2.79 bits per heavy atom. The summed E-state index contributed by atoms with van der Waals surface area (Å²) in [5.74, 6) is 0.415. The highest BCUT2D eigenvalue weighted by atomic mass is 16.5. The van der Waals surface area contributed by atoms with Gasteiger partial charge in [-0.2, -0.15) is 0 Å². The number of carbonyl (C=O) groups is 1. The Morgan fingerprint density at radius 2 is 2.16 bits per heavy atom. The molecular weight excluding hydrogens is 240 g/mol. The first-order valence-electron chi connectivity index (χ1n) is 7.09. The van der Waals surface area contributed by atoms with Crippen LogP contribution in [-0.2, 0) is 9.53 Å². The number of pyridine rings is 1. The van der Waals surface area contributed by atoms with Crippen molar-refractivity contribution >= 4 is 11.7 Å². The molecule has 1 fully saturated rings. The molecule has 0 radical (unpaired) electrons. The SMILES string of the molecule is CCCOC(=O)C1CCC(c2ncccc2N)CC1. The Morgan fingerprint density at radius 1 is 1.42 bits per heavy atom. The fourth-order valence-corrected chi connectivity index (χ4v) is 2.69. The van der Waals surface area contributed by atoms with E-state index in [1.54, 1.807) is 6.20 Å². The number of hydrogen-bond acceptors (Lipinski definition) is 4. The first-order valence-corrected chi connectivity index (χ1v) is 7.09. The second kappa shape index (κ2) is 6.55. The summed E-state index contributed by atoms with van der Waals surface area (Å²) in [7, 11) is 0. The highest BCUT2D eigenvalue weighted by molar-refractivity contribution is 5.72. The van der Waals surface area contributed by atoms with E-state index in [4.69, 9.17) is 10.5 Å². The Labute approximate surface area is 114 Å². The van der Waals surface area contributed by atoms with Gasteiger partial charge in [0.2, 0.25) is 0 Å². The largest absolute Gasteiger partial charge is 0.465 e. The summed E-state index contributed by atoms with van der Waals surface area (Å²) in [5.41, 5.74) is 7.71. The van der Waals surface area contributed by atoms with Crippen LogP contribution in [0.25, 0.3) is 0 Å². The van der Waals surface area contributed by atoms with E-state index in [-0.39, 0.29) is 11.9 Å². The van der Waals surface area contributed by atoms with Gasteiger partial charge >= 0.3 is 5.97 Å². The molecule has 1 aromatic rings. The Kier molecular flexibility index (Phi) is 4.77. The lowest BCUT2D eigenvalue weighted by molar-refractivity contribution is -0.149. The van der Waals surface area contributed by atoms with Crippen LogP contribution < -0.4 is 5.73 Å². The van der Waals surface area contributed by atoms with E-state index in [9.17, 15) is 4.79 Å². The monoisotopic (exact) mass is 262 g/mol. The van der Waals surface area contributed by atoms with Gasteiger partial charge in [0.1, 0.15) is 0 Å². The molecule has 4 heteroatoms. The van der Waals surface area contributed by atoms with Crippen LogP contribution in [0.15, 0.2) is 18.3 Å². The number of rotatable bonds is 4. The lowest BCUT2D eigenvalue weighted by atomic mass is 9.80. The van der Waals surface area contributed by atoms with Gasteiger partial charge in [0.25, 0.3) is 0 Å². The normalized spacial score (nSPS) is 23.0. The number of nitrogen functional groups attached to an aromatic ring is 1. The van der Waals surface area contributed by atoms with Crippen LogP contribution in [0.4, 0.5) is 5.69 Å². The first kappa shape index (κ1) is 13.8. The molecule has 0 saturated heterocycles. The zero-order valence-electron chi connectivity index (χ0n) is 11.5. The Balaban J connectivity index is 1.89. The smallest absolute Gasteiger partial charge is 0.308 e. The minimum absolute atomic E-state index is 0.0331. The summed E-state index contributed by atoms with van der Waals surface area (Å²) in [6, 6.07) is 3.75. The number of esters is 1. The van der Waals surface area contributed by atoms with Crippen LogP contribution in [0.2, 0.25) is 0 Å². The molecule has 0 unspecified atom stereocenters. The molecule has 2 rings (SSSR count). The average Bonchev–Trinajstić information content (AvgIpc) is 2.45. The number of hydrogen-bond donors (Lipinski definition) is 1. The summed E-state index contributed by atoms with van der Waals surface area (Å²) in [5, 5.41) is 0. The Hall–Kier alpha value is -1.58. The number of nitrogens with zero attached hydrogens (tertiary/aromatic N) is 1. The molecule has 0 amide bonds. The summed E-state index contributed by atoms with van der Waals surface area (Å²) >= 11 is 0. The van der Waals surface area contributed by atoms with Gasteiger partial charge in [-0.05, 0) is 44.2 Å². The van der Waals surface area contributed by atoms with Crippen molar-refractivity contribution < 1.29 is 9.53 Å². The topological polar surface area (TPSA) is 65.2 Å². The van der Waals surface area contributed by atoms with Crippen LogP contribution in [0.1, 0.15) is 50.6 Å². The minimum Gasteiger partial charge on any atom is -0.465 e. The van der Waals surface area contributed by atoms with E-state index >= 15 is 0 Å². The van der Waals surface area contributed by atoms with Crippen molar-refractivity contribution in [1.29, 1.82) is 0 Å². The van der Waals surface area contributed by atoms with Crippen LogP contribution in [0.5, 0.6) is 0 Å². The molecule has 0 atom stereocenters. The maximum Gasteiger partial charge on any atom is 0.308 e. The molecule has 0 bridgehead atoms. The summed E-state index contributed by atoms with van der Waals surface area (Å²) < 4.78 is 5.22. The van der Waals surface area contributed by atoms with Gasteiger partial charge in [0, 0.05) is 12.1 Å². The molecule has 2 N–H and O–H groups in total. The highest BCUT2D eigenvalue weighted by Gasteiger charge is 2.29. The van der Waals surface area contributed by atoms with Gasteiger partial charge < -0.3 is 10.5 Å². The van der Waals surface area contributed by atoms with E-state index in [1.807, 2.05) is 19.1 Å². The molecule has 0 spiro atoms. The van der Waals surface area contributed by atoms with E-state index in [2.05, 4.69) is 4.98 Å². The zero-order valence-corrected chi connectivity index (χ0v) is 11.5. The van der Waals surface area contributed by atoms with Crippen molar-refractivity contribution in [3.8, 4) is 0 Å². The third kappa shape index (κ3) is 3.46. The van der Waals surface area contributed by atoms with E-state index in [0.717, 1.165) is 43.5 Å². The van der Waals surface area contributed by atoms with Crippen LogP contribution in [0.3, 0.4) is 0 Å². The number of anilines is 1. The van der Waals surface area contributed by atoms with E-state index < -0.39 is 0 Å². The fourth-order valence-electron chi connectivity index (χ4n) is 2.69.